The van der Waals surface area contributed by atoms with Crippen LogP contribution in [0.3, 0.4) is 0 Å². The van der Waals surface area contributed by atoms with Crippen molar-refractivity contribution in [1.82, 2.24) is 0 Å². The Morgan fingerprint density at radius 1 is 1.11 bits per heavy atom. The number of carbonyl (C=O) groups is 3. The van der Waals surface area contributed by atoms with E-state index in [0.717, 1.165) is 30.5 Å². The molecule has 1 fully saturated rings. The molecular weight excluding hydrogens is 484 g/mol. The second-order valence-electron chi connectivity index (χ2n) is 8.94. The number of nitrogens with one attached hydrogen (secondary N) is 1. The number of Topliss-reactive ketones (excluding diaryl/α,β-unsaturated/α-hetero) is 1. The molecule has 180 valence electrons. The molecule has 2 aliphatic heterocycles. The SMILES string of the molecule is O=C1COCCC(CCc2ccc(N3Cc4cccc(NC(=O)c5ccc(Cl)s5)c4C3=O)cc2)C1. The Hall–Kier alpha value is -3.00. The van der Waals surface area contributed by atoms with Gasteiger partial charge in [-0.1, -0.05) is 35.9 Å². The summed E-state index contributed by atoms with van der Waals surface area (Å²) in [6.45, 7) is 1.34. The van der Waals surface area contributed by atoms with E-state index in [9.17, 15) is 14.4 Å². The van der Waals surface area contributed by atoms with Crippen molar-refractivity contribution >= 4 is 51.9 Å². The molecule has 1 aromatic heterocycles. The van der Waals surface area contributed by atoms with E-state index in [-0.39, 0.29) is 24.2 Å². The van der Waals surface area contributed by atoms with Crippen LogP contribution < -0.4 is 10.2 Å². The minimum Gasteiger partial charge on any atom is -0.374 e. The van der Waals surface area contributed by atoms with Crippen molar-refractivity contribution in [3.8, 4) is 0 Å². The Balaban J connectivity index is 1.26. The lowest BCUT2D eigenvalue weighted by Gasteiger charge is -2.17. The summed E-state index contributed by atoms with van der Waals surface area (Å²) < 4.78 is 5.87. The topological polar surface area (TPSA) is 75.7 Å². The van der Waals surface area contributed by atoms with Crippen LogP contribution in [0.4, 0.5) is 11.4 Å². The number of ether oxygens (including phenoxy) is 1. The molecule has 0 aliphatic carbocycles. The molecule has 6 nitrogen and oxygen atoms in total. The van der Waals surface area contributed by atoms with Crippen LogP contribution in [0.5, 0.6) is 0 Å². The first-order valence-electron chi connectivity index (χ1n) is 11.7. The van der Waals surface area contributed by atoms with Gasteiger partial charge in [0.15, 0.2) is 5.78 Å². The zero-order valence-corrected chi connectivity index (χ0v) is 20.7. The van der Waals surface area contributed by atoms with Gasteiger partial charge < -0.3 is 15.0 Å². The zero-order chi connectivity index (χ0) is 24.4. The fraction of sp³-hybridized carbons (Fsp3) is 0.296. The second-order valence-corrected chi connectivity index (χ2v) is 10.7. The molecular formula is C27H25ClN2O4S. The quantitative estimate of drug-likeness (QED) is 0.460. The van der Waals surface area contributed by atoms with Crippen LogP contribution in [0.25, 0.3) is 0 Å². The van der Waals surface area contributed by atoms with Gasteiger partial charge in [-0.3, -0.25) is 14.4 Å². The molecule has 35 heavy (non-hydrogen) atoms. The molecule has 0 saturated carbocycles. The third-order valence-electron chi connectivity index (χ3n) is 6.52. The number of halogens is 1. The molecule has 2 aliphatic rings. The zero-order valence-electron chi connectivity index (χ0n) is 19.1. The van der Waals surface area contributed by atoms with Crippen LogP contribution >= 0.6 is 22.9 Å². The highest BCUT2D eigenvalue weighted by molar-refractivity contribution is 7.18. The Morgan fingerprint density at radius 2 is 1.94 bits per heavy atom. The van der Waals surface area contributed by atoms with Crippen LogP contribution in [0, 0.1) is 5.92 Å². The van der Waals surface area contributed by atoms with E-state index in [1.54, 1.807) is 23.1 Å². The molecule has 3 heterocycles. The Labute approximate surface area is 212 Å². The summed E-state index contributed by atoms with van der Waals surface area (Å²) in [6, 6.07) is 16.9. The van der Waals surface area contributed by atoms with Crippen molar-refractivity contribution < 1.29 is 19.1 Å². The number of nitrogens with zero attached hydrogens (tertiary/aromatic N) is 1. The number of ketones is 1. The summed E-state index contributed by atoms with van der Waals surface area (Å²) in [7, 11) is 0. The minimum atomic E-state index is -0.284. The lowest BCUT2D eigenvalue weighted by molar-refractivity contribution is -0.122. The predicted octanol–water partition coefficient (Wildman–Crippen LogP) is 5.74. The van der Waals surface area contributed by atoms with Gasteiger partial charge in [-0.2, -0.15) is 0 Å². The van der Waals surface area contributed by atoms with E-state index in [2.05, 4.69) is 5.32 Å². The molecule has 1 N–H and O–H groups in total. The van der Waals surface area contributed by atoms with Gasteiger partial charge in [0.2, 0.25) is 0 Å². The van der Waals surface area contributed by atoms with Gasteiger partial charge in [-0.15, -0.1) is 11.3 Å². The fourth-order valence-corrected chi connectivity index (χ4v) is 5.61. The monoisotopic (exact) mass is 508 g/mol. The van der Waals surface area contributed by atoms with Gasteiger partial charge in [0.05, 0.1) is 27.0 Å². The van der Waals surface area contributed by atoms with E-state index in [4.69, 9.17) is 16.3 Å². The Morgan fingerprint density at radius 3 is 2.71 bits per heavy atom. The number of fused-ring (bicyclic) bond motifs is 1. The lowest BCUT2D eigenvalue weighted by atomic mass is 9.93. The van der Waals surface area contributed by atoms with Gasteiger partial charge in [0.1, 0.15) is 6.61 Å². The van der Waals surface area contributed by atoms with E-state index >= 15 is 0 Å². The number of rotatable bonds is 6. The Kier molecular flexibility index (Phi) is 7.00. The maximum atomic E-state index is 13.3. The molecule has 1 atom stereocenters. The molecule has 0 radical (unpaired) electrons. The van der Waals surface area contributed by atoms with Gasteiger partial charge >= 0.3 is 0 Å². The molecule has 0 spiro atoms. The van der Waals surface area contributed by atoms with Crippen LogP contribution in [-0.4, -0.2) is 30.8 Å². The first kappa shape index (κ1) is 23.7. The standard InChI is InChI=1S/C27H25ClN2O4S/c28-24-11-10-23(35-24)26(32)29-22-3-1-2-19-15-30(27(33)25(19)22)20-8-6-17(7-9-20)4-5-18-12-13-34-16-21(31)14-18/h1-3,6-11,18H,4-5,12-16H2,(H,29,32). The highest BCUT2D eigenvalue weighted by Gasteiger charge is 2.31. The number of aryl methyl sites for hydroxylation is 1. The predicted molar refractivity (Wildman–Crippen MR) is 138 cm³/mol. The third kappa shape index (κ3) is 5.32. The number of carbonyl (C=O) groups excluding carboxylic acids is 3. The summed E-state index contributed by atoms with van der Waals surface area (Å²) in [5, 5.41) is 2.87. The summed E-state index contributed by atoms with van der Waals surface area (Å²) in [5.74, 6) is 0.125. The van der Waals surface area contributed by atoms with Gasteiger partial charge in [0, 0.05) is 18.7 Å². The van der Waals surface area contributed by atoms with Gasteiger partial charge in [-0.05, 0) is 66.6 Å². The minimum absolute atomic E-state index is 0.134. The summed E-state index contributed by atoms with van der Waals surface area (Å²) in [6.07, 6.45) is 3.34. The van der Waals surface area contributed by atoms with E-state index in [0.29, 0.717) is 46.0 Å². The summed E-state index contributed by atoms with van der Waals surface area (Å²) >= 11 is 7.15. The molecule has 5 rings (SSSR count). The van der Waals surface area contributed by atoms with Crippen LogP contribution in [-0.2, 0) is 22.5 Å². The summed E-state index contributed by atoms with van der Waals surface area (Å²) in [5.41, 5.74) is 3.89. The first-order chi connectivity index (χ1) is 17.0. The highest BCUT2D eigenvalue weighted by atomic mass is 35.5. The van der Waals surface area contributed by atoms with E-state index < -0.39 is 0 Å². The van der Waals surface area contributed by atoms with E-state index in [1.807, 2.05) is 36.4 Å². The first-order valence-corrected chi connectivity index (χ1v) is 12.9. The number of hydrogen-bond donors (Lipinski definition) is 1. The second kappa shape index (κ2) is 10.3. The van der Waals surface area contributed by atoms with Crippen molar-refractivity contribution in [1.29, 1.82) is 0 Å². The summed E-state index contributed by atoms with van der Waals surface area (Å²) in [4.78, 5) is 40.0. The number of thiophene rings is 1. The third-order valence-corrected chi connectivity index (χ3v) is 7.75. The smallest absolute Gasteiger partial charge is 0.265 e. The number of benzene rings is 2. The van der Waals surface area contributed by atoms with Gasteiger partial charge in [-0.25, -0.2) is 0 Å². The number of anilines is 2. The molecule has 2 amide bonds. The van der Waals surface area contributed by atoms with Crippen LogP contribution in [0.15, 0.2) is 54.6 Å². The average Bonchev–Trinajstić information content (AvgIpc) is 3.37. The molecule has 0 bridgehead atoms. The van der Waals surface area contributed by atoms with Crippen molar-refractivity contribution in [2.45, 2.75) is 32.2 Å². The van der Waals surface area contributed by atoms with Crippen molar-refractivity contribution in [3.05, 3.63) is 80.5 Å². The van der Waals surface area contributed by atoms with Crippen molar-refractivity contribution in [2.75, 3.05) is 23.4 Å². The lowest BCUT2D eigenvalue weighted by Crippen LogP contribution is -2.23. The van der Waals surface area contributed by atoms with Crippen LogP contribution in [0.2, 0.25) is 4.34 Å². The van der Waals surface area contributed by atoms with E-state index in [1.165, 1.54) is 16.9 Å². The number of hydrogen-bond acceptors (Lipinski definition) is 5. The molecule has 1 saturated heterocycles. The van der Waals surface area contributed by atoms with Crippen LogP contribution in [0.1, 0.15) is 50.4 Å². The highest BCUT2D eigenvalue weighted by Crippen LogP contribution is 2.34. The average molecular weight is 509 g/mol. The fourth-order valence-electron chi connectivity index (χ4n) is 4.67. The molecule has 2 aromatic carbocycles. The van der Waals surface area contributed by atoms with Gasteiger partial charge in [0.25, 0.3) is 11.8 Å². The molecule has 8 heteroatoms. The maximum Gasteiger partial charge on any atom is 0.265 e. The number of amides is 2. The maximum absolute atomic E-state index is 13.3. The van der Waals surface area contributed by atoms with Crippen molar-refractivity contribution in [2.24, 2.45) is 5.92 Å². The molecule has 1 unspecified atom stereocenters. The van der Waals surface area contributed by atoms with Crippen molar-refractivity contribution in [3.63, 3.8) is 0 Å². The largest absolute Gasteiger partial charge is 0.374 e. The normalized spacial score (nSPS) is 17.9. The molecule has 3 aromatic rings. The Bertz CT molecular complexity index is 1270.